The van der Waals surface area contributed by atoms with Gasteiger partial charge < -0.3 is 15.4 Å². The van der Waals surface area contributed by atoms with Crippen molar-refractivity contribution in [3.63, 3.8) is 0 Å². The number of ketones is 1. The van der Waals surface area contributed by atoms with Crippen LogP contribution in [0.15, 0.2) is 30.3 Å². The van der Waals surface area contributed by atoms with Crippen molar-refractivity contribution in [2.45, 2.75) is 39.7 Å². The zero-order valence-electron chi connectivity index (χ0n) is 14.3. The first-order chi connectivity index (χ1) is 11.5. The predicted octanol–water partition coefficient (Wildman–Crippen LogP) is 3.08. The van der Waals surface area contributed by atoms with Gasteiger partial charge in [0.2, 0.25) is 0 Å². The summed E-state index contributed by atoms with van der Waals surface area (Å²) >= 11 is 0. The molecule has 0 radical (unpaired) electrons. The Kier molecular flexibility index (Phi) is 5.93. The van der Waals surface area contributed by atoms with E-state index in [1.54, 1.807) is 13.8 Å². The molecule has 24 heavy (non-hydrogen) atoms. The molecule has 2 aromatic rings. The number of hydrogen-bond acceptors (Lipinski definition) is 3. The topological polar surface area (TPSA) is 82.2 Å². The van der Waals surface area contributed by atoms with Crippen LogP contribution in [0.3, 0.4) is 0 Å². The van der Waals surface area contributed by atoms with E-state index in [9.17, 15) is 9.59 Å². The summed E-state index contributed by atoms with van der Waals surface area (Å²) in [5, 5.41) is 12.1. The quantitative estimate of drug-likeness (QED) is 0.683. The zero-order valence-corrected chi connectivity index (χ0v) is 14.3. The Hall–Kier alpha value is -2.40. The molecular weight excluding hydrogens is 304 g/mol. The number of aromatic nitrogens is 1. The molecule has 0 aliphatic carbocycles. The molecule has 0 aliphatic rings. The maximum atomic E-state index is 12.7. The van der Waals surface area contributed by atoms with Gasteiger partial charge in [-0.2, -0.15) is 0 Å². The highest BCUT2D eigenvalue weighted by Crippen LogP contribution is 2.22. The minimum Gasteiger partial charge on any atom is -0.396 e. The third-order valence-corrected chi connectivity index (χ3v) is 4.17. The molecule has 1 aromatic carbocycles. The van der Waals surface area contributed by atoms with E-state index in [0.29, 0.717) is 35.4 Å². The number of amides is 1. The lowest BCUT2D eigenvalue weighted by Crippen LogP contribution is -2.29. The van der Waals surface area contributed by atoms with Gasteiger partial charge in [0.25, 0.3) is 5.91 Å². The molecule has 2 rings (SSSR count). The number of nitrogens with one attached hydrogen (secondary N) is 2. The molecule has 0 saturated heterocycles. The Bertz CT molecular complexity index is 720. The van der Waals surface area contributed by atoms with Gasteiger partial charge in [0.15, 0.2) is 5.78 Å². The molecule has 1 heterocycles. The van der Waals surface area contributed by atoms with Gasteiger partial charge >= 0.3 is 0 Å². The summed E-state index contributed by atoms with van der Waals surface area (Å²) in [6.45, 7) is 5.15. The summed E-state index contributed by atoms with van der Waals surface area (Å²) in [4.78, 5) is 27.4. The van der Waals surface area contributed by atoms with Gasteiger partial charge in [-0.05, 0) is 44.7 Å². The van der Waals surface area contributed by atoms with E-state index in [4.69, 9.17) is 5.11 Å². The Labute approximate surface area is 142 Å². The maximum Gasteiger partial charge on any atom is 0.268 e. The molecule has 0 fully saturated rings. The van der Waals surface area contributed by atoms with Gasteiger partial charge in [-0.1, -0.05) is 30.3 Å². The van der Waals surface area contributed by atoms with Gasteiger partial charge in [0.05, 0.1) is 6.04 Å². The first-order valence-corrected chi connectivity index (χ1v) is 8.12. The zero-order chi connectivity index (χ0) is 17.7. The second-order valence-corrected chi connectivity index (χ2v) is 5.98. The first-order valence-electron chi connectivity index (χ1n) is 8.12. The Balaban J connectivity index is 2.25. The lowest BCUT2D eigenvalue weighted by atomic mass is 10.0. The van der Waals surface area contributed by atoms with Crippen molar-refractivity contribution in [3.8, 4) is 0 Å². The molecule has 1 aromatic heterocycles. The Morgan fingerprint density at radius 1 is 1.21 bits per heavy atom. The van der Waals surface area contributed by atoms with Gasteiger partial charge in [0, 0.05) is 17.9 Å². The van der Waals surface area contributed by atoms with Crippen LogP contribution < -0.4 is 5.32 Å². The SMILES string of the molecule is CC(=O)c1c(C)[nH]c(C(=O)NC(CCCO)c2ccccc2)c1C. The van der Waals surface area contributed by atoms with Crippen LogP contribution in [-0.4, -0.2) is 28.4 Å². The lowest BCUT2D eigenvalue weighted by Gasteiger charge is -2.19. The number of benzene rings is 1. The van der Waals surface area contributed by atoms with Crippen LogP contribution in [0.25, 0.3) is 0 Å². The predicted molar refractivity (Wildman–Crippen MR) is 93.2 cm³/mol. The normalized spacial score (nSPS) is 12.0. The van der Waals surface area contributed by atoms with E-state index in [1.807, 2.05) is 30.3 Å². The van der Waals surface area contributed by atoms with Crippen molar-refractivity contribution in [1.29, 1.82) is 0 Å². The number of hydrogen-bond donors (Lipinski definition) is 3. The number of carbonyl (C=O) groups excluding carboxylic acids is 2. The van der Waals surface area contributed by atoms with Gasteiger partial charge in [-0.3, -0.25) is 9.59 Å². The first kappa shape index (κ1) is 17.9. The van der Waals surface area contributed by atoms with E-state index in [2.05, 4.69) is 10.3 Å². The molecule has 0 saturated carbocycles. The Morgan fingerprint density at radius 2 is 1.88 bits per heavy atom. The fourth-order valence-electron chi connectivity index (χ4n) is 3.04. The maximum absolute atomic E-state index is 12.7. The van der Waals surface area contributed by atoms with Crippen molar-refractivity contribution >= 4 is 11.7 Å². The van der Waals surface area contributed by atoms with Crippen LogP contribution in [0.5, 0.6) is 0 Å². The van der Waals surface area contributed by atoms with Gasteiger partial charge in [-0.25, -0.2) is 0 Å². The minimum absolute atomic E-state index is 0.0554. The Morgan fingerprint density at radius 3 is 2.42 bits per heavy atom. The molecule has 3 N–H and O–H groups in total. The van der Waals surface area contributed by atoms with Crippen LogP contribution >= 0.6 is 0 Å². The number of aromatic amines is 1. The molecule has 0 spiro atoms. The monoisotopic (exact) mass is 328 g/mol. The summed E-state index contributed by atoms with van der Waals surface area (Å²) in [6, 6.07) is 9.49. The summed E-state index contributed by atoms with van der Waals surface area (Å²) in [5.41, 5.74) is 3.37. The van der Waals surface area contributed by atoms with Crippen LogP contribution in [0.1, 0.15) is 63.5 Å². The summed E-state index contributed by atoms with van der Waals surface area (Å²) in [5.74, 6) is -0.296. The standard InChI is InChI=1S/C19H24N2O3/c1-12-17(14(3)23)13(2)20-18(12)19(24)21-16(10-7-11-22)15-8-5-4-6-9-15/h4-6,8-9,16,20,22H,7,10-11H2,1-3H3,(H,21,24). The highest BCUT2D eigenvalue weighted by molar-refractivity contribution is 6.02. The lowest BCUT2D eigenvalue weighted by molar-refractivity contribution is 0.0927. The van der Waals surface area contributed by atoms with Crippen molar-refractivity contribution in [3.05, 3.63) is 58.4 Å². The average Bonchev–Trinajstić information content (AvgIpc) is 2.86. The fourth-order valence-corrected chi connectivity index (χ4v) is 3.04. The van der Waals surface area contributed by atoms with Crippen molar-refractivity contribution in [1.82, 2.24) is 10.3 Å². The highest BCUT2D eigenvalue weighted by atomic mass is 16.3. The van der Waals surface area contributed by atoms with Crippen molar-refractivity contribution in [2.24, 2.45) is 0 Å². The van der Waals surface area contributed by atoms with Crippen LogP contribution in [0.2, 0.25) is 0 Å². The van der Waals surface area contributed by atoms with Gasteiger partial charge in [0.1, 0.15) is 5.69 Å². The molecule has 0 bridgehead atoms. The van der Waals surface area contributed by atoms with Gasteiger partial charge in [-0.15, -0.1) is 0 Å². The molecular formula is C19H24N2O3. The number of rotatable bonds is 7. The minimum atomic E-state index is -0.241. The average molecular weight is 328 g/mol. The fraction of sp³-hybridized carbons (Fsp3) is 0.368. The molecule has 1 unspecified atom stereocenters. The third-order valence-electron chi connectivity index (χ3n) is 4.17. The molecule has 1 amide bonds. The molecule has 1 atom stereocenters. The van der Waals surface area contributed by atoms with E-state index in [1.165, 1.54) is 6.92 Å². The summed E-state index contributed by atoms with van der Waals surface area (Å²) < 4.78 is 0. The largest absolute Gasteiger partial charge is 0.396 e. The number of carbonyl (C=O) groups is 2. The van der Waals surface area contributed by atoms with E-state index in [-0.39, 0.29) is 24.3 Å². The molecule has 5 heteroatoms. The number of Topliss-reactive ketones (excluding diaryl/α,β-unsaturated/α-hetero) is 1. The molecule has 5 nitrogen and oxygen atoms in total. The number of aliphatic hydroxyl groups excluding tert-OH is 1. The van der Waals surface area contributed by atoms with Crippen LogP contribution in [0, 0.1) is 13.8 Å². The summed E-state index contributed by atoms with van der Waals surface area (Å²) in [6.07, 6.45) is 1.24. The third kappa shape index (κ3) is 3.92. The number of aliphatic hydroxyl groups is 1. The van der Waals surface area contributed by atoms with E-state index >= 15 is 0 Å². The number of aryl methyl sites for hydroxylation is 1. The smallest absolute Gasteiger partial charge is 0.268 e. The highest BCUT2D eigenvalue weighted by Gasteiger charge is 2.22. The van der Waals surface area contributed by atoms with Crippen LogP contribution in [0.4, 0.5) is 0 Å². The summed E-state index contributed by atoms with van der Waals surface area (Å²) in [7, 11) is 0. The van der Waals surface area contributed by atoms with E-state index < -0.39 is 0 Å². The second-order valence-electron chi connectivity index (χ2n) is 5.98. The second kappa shape index (κ2) is 7.93. The van der Waals surface area contributed by atoms with E-state index in [0.717, 1.165) is 5.56 Å². The molecule has 0 aliphatic heterocycles. The molecule has 128 valence electrons. The van der Waals surface area contributed by atoms with Crippen LogP contribution in [-0.2, 0) is 0 Å². The number of H-pyrrole nitrogens is 1. The van der Waals surface area contributed by atoms with Crippen molar-refractivity contribution < 1.29 is 14.7 Å². The van der Waals surface area contributed by atoms with Crippen molar-refractivity contribution in [2.75, 3.05) is 6.61 Å².